The molecule has 0 aliphatic carbocycles. The van der Waals surface area contributed by atoms with Gasteiger partial charge < -0.3 is 10.4 Å². The predicted molar refractivity (Wildman–Crippen MR) is 62.4 cm³/mol. The van der Waals surface area contributed by atoms with Gasteiger partial charge in [-0.25, -0.2) is 0 Å². The Hall–Kier alpha value is -0.570. The van der Waals surface area contributed by atoms with Crippen molar-refractivity contribution in [3.8, 4) is 0 Å². The molecule has 3 nitrogen and oxygen atoms in total. The molecule has 90 valence electrons. The number of carbonyl (C=O) groups excluding carboxylic acids is 1. The summed E-state index contributed by atoms with van der Waals surface area (Å²) >= 11 is 0. The van der Waals surface area contributed by atoms with Crippen LogP contribution < -0.4 is 5.32 Å². The van der Waals surface area contributed by atoms with Crippen molar-refractivity contribution >= 4 is 5.91 Å². The smallest absolute Gasteiger partial charge is 0.221 e. The third kappa shape index (κ3) is 9.73. The standard InChI is InChI=1S/C12H25NO2/c1-3-5-7-9-11(14)13-12(15)10-8-6-4-2/h11,14H,3-10H2,1-2H3,(H,13,15). The zero-order chi connectivity index (χ0) is 11.5. The summed E-state index contributed by atoms with van der Waals surface area (Å²) in [5.74, 6) is -0.0209. The molecule has 0 heterocycles. The van der Waals surface area contributed by atoms with Gasteiger partial charge in [0.2, 0.25) is 5.91 Å². The van der Waals surface area contributed by atoms with Gasteiger partial charge in [0.1, 0.15) is 6.23 Å². The lowest BCUT2D eigenvalue weighted by atomic mass is 10.1. The maximum absolute atomic E-state index is 11.3. The number of aliphatic hydroxyl groups excluding tert-OH is 1. The summed E-state index contributed by atoms with van der Waals surface area (Å²) in [6.07, 6.45) is 6.92. The van der Waals surface area contributed by atoms with Crippen molar-refractivity contribution in [2.45, 2.75) is 71.4 Å². The van der Waals surface area contributed by atoms with Crippen LogP contribution in [0, 0.1) is 0 Å². The van der Waals surface area contributed by atoms with Gasteiger partial charge in [-0.15, -0.1) is 0 Å². The first-order valence-corrected chi connectivity index (χ1v) is 6.18. The van der Waals surface area contributed by atoms with E-state index >= 15 is 0 Å². The zero-order valence-corrected chi connectivity index (χ0v) is 10.1. The van der Waals surface area contributed by atoms with Crippen molar-refractivity contribution in [2.75, 3.05) is 0 Å². The van der Waals surface area contributed by atoms with E-state index in [1.807, 2.05) is 0 Å². The second-order valence-corrected chi connectivity index (χ2v) is 4.04. The van der Waals surface area contributed by atoms with Gasteiger partial charge in [0, 0.05) is 6.42 Å². The molecule has 0 aromatic rings. The summed E-state index contributed by atoms with van der Waals surface area (Å²) < 4.78 is 0. The molecule has 2 N–H and O–H groups in total. The molecule has 0 aliphatic heterocycles. The molecule has 0 aromatic carbocycles. The molecule has 0 radical (unpaired) electrons. The fourth-order valence-corrected chi connectivity index (χ4v) is 1.45. The van der Waals surface area contributed by atoms with E-state index in [9.17, 15) is 9.90 Å². The van der Waals surface area contributed by atoms with Crippen LogP contribution in [0.5, 0.6) is 0 Å². The van der Waals surface area contributed by atoms with Gasteiger partial charge in [-0.1, -0.05) is 39.5 Å². The second kappa shape index (κ2) is 9.97. The minimum atomic E-state index is -0.648. The lowest BCUT2D eigenvalue weighted by Crippen LogP contribution is -2.34. The Bertz CT molecular complexity index is 160. The summed E-state index contributed by atoms with van der Waals surface area (Å²) in [5.41, 5.74) is 0. The molecule has 0 spiro atoms. The first-order valence-electron chi connectivity index (χ1n) is 6.18. The number of aliphatic hydroxyl groups is 1. The first kappa shape index (κ1) is 14.4. The van der Waals surface area contributed by atoms with Crippen LogP contribution in [0.1, 0.15) is 65.2 Å². The molecule has 0 fully saturated rings. The zero-order valence-electron chi connectivity index (χ0n) is 10.1. The van der Waals surface area contributed by atoms with Crippen molar-refractivity contribution in [1.29, 1.82) is 0 Å². The molecule has 0 rings (SSSR count). The Labute approximate surface area is 93.3 Å². The largest absolute Gasteiger partial charge is 0.374 e. The van der Waals surface area contributed by atoms with Crippen molar-refractivity contribution in [3.63, 3.8) is 0 Å². The quantitative estimate of drug-likeness (QED) is 0.459. The van der Waals surface area contributed by atoms with E-state index in [4.69, 9.17) is 0 Å². The molecule has 1 unspecified atom stereocenters. The van der Waals surface area contributed by atoms with E-state index in [0.29, 0.717) is 12.8 Å². The Morgan fingerprint density at radius 1 is 1.13 bits per heavy atom. The SMILES string of the molecule is CCCCCC(=O)NC(O)CCCCC. The van der Waals surface area contributed by atoms with Crippen molar-refractivity contribution in [3.05, 3.63) is 0 Å². The highest BCUT2D eigenvalue weighted by molar-refractivity contribution is 5.75. The molecule has 1 amide bonds. The molecule has 0 saturated heterocycles. The third-order valence-corrected chi connectivity index (χ3v) is 2.42. The van der Waals surface area contributed by atoms with E-state index < -0.39 is 6.23 Å². The molecule has 0 aliphatic rings. The normalized spacial score (nSPS) is 12.5. The minimum absolute atomic E-state index is 0.0209. The number of nitrogens with one attached hydrogen (secondary N) is 1. The van der Waals surface area contributed by atoms with E-state index in [-0.39, 0.29) is 5.91 Å². The van der Waals surface area contributed by atoms with E-state index in [0.717, 1.165) is 38.5 Å². The molecular formula is C12H25NO2. The maximum Gasteiger partial charge on any atom is 0.221 e. The molecular weight excluding hydrogens is 190 g/mol. The van der Waals surface area contributed by atoms with E-state index in [1.165, 1.54) is 0 Å². The topological polar surface area (TPSA) is 49.3 Å². The molecule has 1 atom stereocenters. The Morgan fingerprint density at radius 3 is 2.33 bits per heavy atom. The van der Waals surface area contributed by atoms with Crippen LogP contribution in [-0.2, 0) is 4.79 Å². The van der Waals surface area contributed by atoms with Gasteiger partial charge in [0.25, 0.3) is 0 Å². The number of amides is 1. The van der Waals surface area contributed by atoms with Crippen molar-refractivity contribution in [2.24, 2.45) is 0 Å². The fourth-order valence-electron chi connectivity index (χ4n) is 1.45. The summed E-state index contributed by atoms with van der Waals surface area (Å²) in [6, 6.07) is 0. The molecule has 0 saturated carbocycles. The Balaban J connectivity index is 3.40. The summed E-state index contributed by atoms with van der Waals surface area (Å²) in [6.45, 7) is 4.23. The van der Waals surface area contributed by atoms with Gasteiger partial charge in [0.15, 0.2) is 0 Å². The van der Waals surface area contributed by atoms with Gasteiger partial charge in [-0.05, 0) is 19.3 Å². The third-order valence-electron chi connectivity index (χ3n) is 2.42. The average molecular weight is 215 g/mol. The van der Waals surface area contributed by atoms with Gasteiger partial charge in [0.05, 0.1) is 0 Å². The fraction of sp³-hybridized carbons (Fsp3) is 0.917. The maximum atomic E-state index is 11.3. The van der Waals surface area contributed by atoms with Crippen LogP contribution in [0.15, 0.2) is 0 Å². The number of hydrogen-bond acceptors (Lipinski definition) is 2. The molecule has 0 bridgehead atoms. The van der Waals surface area contributed by atoms with Crippen LogP contribution in [0.25, 0.3) is 0 Å². The second-order valence-electron chi connectivity index (χ2n) is 4.04. The lowest BCUT2D eigenvalue weighted by molar-refractivity contribution is -0.124. The summed E-state index contributed by atoms with van der Waals surface area (Å²) in [4.78, 5) is 11.3. The van der Waals surface area contributed by atoms with Gasteiger partial charge >= 0.3 is 0 Å². The van der Waals surface area contributed by atoms with Crippen LogP contribution in [0.4, 0.5) is 0 Å². The van der Waals surface area contributed by atoms with E-state index in [2.05, 4.69) is 19.2 Å². The first-order chi connectivity index (χ1) is 7.20. The van der Waals surface area contributed by atoms with Crippen molar-refractivity contribution < 1.29 is 9.90 Å². The van der Waals surface area contributed by atoms with Gasteiger partial charge in [-0.2, -0.15) is 0 Å². The number of hydrogen-bond donors (Lipinski definition) is 2. The predicted octanol–water partition coefficient (Wildman–Crippen LogP) is 2.58. The van der Waals surface area contributed by atoms with Gasteiger partial charge in [-0.3, -0.25) is 4.79 Å². The van der Waals surface area contributed by atoms with Crippen molar-refractivity contribution in [1.82, 2.24) is 5.32 Å². The van der Waals surface area contributed by atoms with Crippen LogP contribution in [-0.4, -0.2) is 17.2 Å². The van der Waals surface area contributed by atoms with Crippen LogP contribution in [0.2, 0.25) is 0 Å². The highest BCUT2D eigenvalue weighted by Gasteiger charge is 2.07. The van der Waals surface area contributed by atoms with Crippen LogP contribution in [0.3, 0.4) is 0 Å². The summed E-state index contributed by atoms with van der Waals surface area (Å²) in [7, 11) is 0. The monoisotopic (exact) mass is 215 g/mol. The molecule has 3 heteroatoms. The molecule has 0 aromatic heterocycles. The highest BCUT2D eigenvalue weighted by atomic mass is 16.3. The Morgan fingerprint density at radius 2 is 1.73 bits per heavy atom. The minimum Gasteiger partial charge on any atom is -0.374 e. The lowest BCUT2D eigenvalue weighted by Gasteiger charge is -2.12. The summed E-state index contributed by atoms with van der Waals surface area (Å²) in [5, 5.41) is 12.1. The molecule has 15 heavy (non-hydrogen) atoms. The Kier molecular flexibility index (Phi) is 9.59. The van der Waals surface area contributed by atoms with E-state index in [1.54, 1.807) is 0 Å². The number of rotatable bonds is 9. The highest BCUT2D eigenvalue weighted by Crippen LogP contribution is 2.03. The number of carbonyl (C=O) groups is 1. The average Bonchev–Trinajstić information content (AvgIpc) is 2.18. The van der Waals surface area contributed by atoms with Crippen LogP contribution >= 0.6 is 0 Å². The number of unbranched alkanes of at least 4 members (excludes halogenated alkanes) is 4.